The van der Waals surface area contributed by atoms with Gasteiger partial charge in [0.15, 0.2) is 5.82 Å². The number of para-hydroxylation sites is 1. The van der Waals surface area contributed by atoms with Crippen molar-refractivity contribution in [1.29, 1.82) is 0 Å². The Morgan fingerprint density at radius 2 is 1.83 bits per heavy atom. The van der Waals surface area contributed by atoms with E-state index in [0.29, 0.717) is 11.3 Å². The van der Waals surface area contributed by atoms with E-state index in [0.717, 1.165) is 11.1 Å². The highest BCUT2D eigenvalue weighted by Crippen LogP contribution is 2.26. The molecule has 18 heavy (non-hydrogen) atoms. The first-order chi connectivity index (χ1) is 8.66. The van der Waals surface area contributed by atoms with E-state index in [-0.39, 0.29) is 11.6 Å². The first kappa shape index (κ1) is 10.8. The topological polar surface area (TPSA) is 38.0 Å². The minimum absolute atomic E-state index is 0.198. The first-order valence-corrected chi connectivity index (χ1v) is 5.57. The van der Waals surface area contributed by atoms with Gasteiger partial charge in [-0.15, -0.1) is 0 Å². The second-order valence-corrected chi connectivity index (χ2v) is 4.15. The van der Waals surface area contributed by atoms with Gasteiger partial charge in [0.1, 0.15) is 17.1 Å². The number of phenols is 1. The molecule has 0 spiro atoms. The van der Waals surface area contributed by atoms with Crippen molar-refractivity contribution in [2.45, 2.75) is 0 Å². The second kappa shape index (κ2) is 3.84. The van der Waals surface area contributed by atoms with Gasteiger partial charge in [-0.2, -0.15) is 0 Å². The Morgan fingerprint density at radius 3 is 2.50 bits per heavy atom. The summed E-state index contributed by atoms with van der Waals surface area (Å²) in [6, 6.07) is 11.6. The van der Waals surface area contributed by atoms with Crippen molar-refractivity contribution in [3.63, 3.8) is 0 Å². The van der Waals surface area contributed by atoms with Crippen LogP contribution in [0, 0.1) is 5.82 Å². The Hall–Kier alpha value is -2.36. The molecule has 0 radical (unpaired) electrons. The van der Waals surface area contributed by atoms with Crippen molar-refractivity contribution in [1.82, 2.24) is 9.55 Å². The molecule has 1 aromatic heterocycles. The molecule has 90 valence electrons. The van der Waals surface area contributed by atoms with Crippen molar-refractivity contribution in [2.75, 3.05) is 0 Å². The number of benzene rings is 2. The summed E-state index contributed by atoms with van der Waals surface area (Å²) < 4.78 is 15.5. The molecule has 0 aliphatic heterocycles. The average molecular weight is 242 g/mol. The van der Waals surface area contributed by atoms with Crippen LogP contribution >= 0.6 is 0 Å². The van der Waals surface area contributed by atoms with E-state index in [1.165, 1.54) is 6.07 Å². The van der Waals surface area contributed by atoms with Gasteiger partial charge in [0.2, 0.25) is 0 Å². The number of rotatable bonds is 1. The van der Waals surface area contributed by atoms with Crippen molar-refractivity contribution in [3.8, 4) is 17.1 Å². The molecule has 3 rings (SSSR count). The number of aryl methyl sites for hydroxylation is 1. The van der Waals surface area contributed by atoms with E-state index >= 15 is 0 Å². The van der Waals surface area contributed by atoms with Crippen LogP contribution in [0.25, 0.3) is 22.4 Å². The van der Waals surface area contributed by atoms with E-state index in [9.17, 15) is 9.50 Å². The molecule has 1 heterocycles. The summed E-state index contributed by atoms with van der Waals surface area (Å²) in [6.45, 7) is 0. The third-order valence-corrected chi connectivity index (χ3v) is 2.99. The highest BCUT2D eigenvalue weighted by atomic mass is 19.1. The van der Waals surface area contributed by atoms with Crippen LogP contribution in [0.3, 0.4) is 0 Å². The molecule has 4 heteroatoms. The predicted octanol–water partition coefficient (Wildman–Crippen LogP) is 3.09. The van der Waals surface area contributed by atoms with Gasteiger partial charge >= 0.3 is 0 Å². The molecular formula is C14H11FN2O. The summed E-state index contributed by atoms with van der Waals surface area (Å²) in [5, 5.41) is 9.27. The summed E-state index contributed by atoms with van der Waals surface area (Å²) in [5.41, 5.74) is 1.95. The number of halogens is 1. The lowest BCUT2D eigenvalue weighted by molar-refractivity contribution is 0.475. The van der Waals surface area contributed by atoms with Crippen LogP contribution in [0.1, 0.15) is 0 Å². The van der Waals surface area contributed by atoms with E-state index in [4.69, 9.17) is 0 Å². The fourth-order valence-corrected chi connectivity index (χ4v) is 2.05. The number of fused-ring (bicyclic) bond motifs is 1. The molecule has 0 saturated heterocycles. The highest BCUT2D eigenvalue weighted by Gasteiger charge is 2.12. The van der Waals surface area contributed by atoms with E-state index in [1.807, 2.05) is 17.7 Å². The molecule has 0 aliphatic rings. The Morgan fingerprint density at radius 1 is 1.11 bits per heavy atom. The van der Waals surface area contributed by atoms with Gasteiger partial charge < -0.3 is 9.67 Å². The van der Waals surface area contributed by atoms with Gasteiger partial charge in [-0.1, -0.05) is 6.07 Å². The second-order valence-electron chi connectivity index (χ2n) is 4.15. The van der Waals surface area contributed by atoms with Crippen LogP contribution in [0.5, 0.6) is 5.75 Å². The predicted molar refractivity (Wildman–Crippen MR) is 67.8 cm³/mol. The minimum Gasteiger partial charge on any atom is -0.508 e. The number of phenolic OH excluding ortho intramolecular Hbond substituents is 1. The number of hydrogen-bond donors (Lipinski definition) is 1. The maximum absolute atomic E-state index is 13.6. The normalized spacial score (nSPS) is 11.0. The Labute approximate surface area is 103 Å². The zero-order valence-corrected chi connectivity index (χ0v) is 9.76. The van der Waals surface area contributed by atoms with E-state index in [2.05, 4.69) is 4.98 Å². The molecule has 1 N–H and O–H groups in total. The van der Waals surface area contributed by atoms with Gasteiger partial charge in [-0.05, 0) is 36.4 Å². The Balaban J connectivity index is 2.27. The molecular weight excluding hydrogens is 231 g/mol. The van der Waals surface area contributed by atoms with Gasteiger partial charge in [0, 0.05) is 12.6 Å². The lowest BCUT2D eigenvalue weighted by Gasteiger charge is -2.02. The Bertz CT molecular complexity index is 716. The van der Waals surface area contributed by atoms with E-state index in [1.54, 1.807) is 30.3 Å². The average Bonchev–Trinajstić information content (AvgIpc) is 2.70. The molecule has 2 aromatic carbocycles. The standard InChI is InChI=1S/C14H11FN2O/c1-17-12-4-2-3-11(15)13(12)16-14(17)9-5-7-10(18)8-6-9/h2-8,18H,1H3. The lowest BCUT2D eigenvalue weighted by atomic mass is 10.2. The van der Waals surface area contributed by atoms with Crippen LogP contribution in [-0.2, 0) is 7.05 Å². The van der Waals surface area contributed by atoms with E-state index < -0.39 is 0 Å². The molecule has 3 nitrogen and oxygen atoms in total. The number of aromatic nitrogens is 2. The molecule has 0 unspecified atom stereocenters. The third-order valence-electron chi connectivity index (χ3n) is 2.99. The molecule has 3 aromatic rings. The largest absolute Gasteiger partial charge is 0.508 e. The number of nitrogens with zero attached hydrogens (tertiary/aromatic N) is 2. The number of aromatic hydroxyl groups is 1. The van der Waals surface area contributed by atoms with Gasteiger partial charge in [-0.25, -0.2) is 9.37 Å². The smallest absolute Gasteiger partial charge is 0.151 e. The summed E-state index contributed by atoms with van der Waals surface area (Å²) >= 11 is 0. The number of hydrogen-bond acceptors (Lipinski definition) is 2. The zero-order valence-electron chi connectivity index (χ0n) is 9.76. The first-order valence-electron chi connectivity index (χ1n) is 5.57. The fourth-order valence-electron chi connectivity index (χ4n) is 2.05. The van der Waals surface area contributed by atoms with Crippen LogP contribution in [0.4, 0.5) is 4.39 Å². The van der Waals surface area contributed by atoms with Crippen molar-refractivity contribution >= 4 is 11.0 Å². The number of imidazole rings is 1. The van der Waals surface area contributed by atoms with Gasteiger partial charge in [0.05, 0.1) is 5.52 Å². The summed E-state index contributed by atoms with van der Waals surface area (Å²) in [7, 11) is 1.84. The van der Waals surface area contributed by atoms with Crippen LogP contribution in [-0.4, -0.2) is 14.7 Å². The quantitative estimate of drug-likeness (QED) is 0.712. The molecule has 0 fully saturated rings. The molecule has 0 amide bonds. The highest BCUT2D eigenvalue weighted by molar-refractivity contribution is 5.81. The SMILES string of the molecule is Cn1c(-c2ccc(O)cc2)nc2c(F)cccc21. The van der Waals surface area contributed by atoms with Gasteiger partial charge in [-0.3, -0.25) is 0 Å². The molecule has 0 saturated carbocycles. The molecule has 0 atom stereocenters. The third kappa shape index (κ3) is 1.54. The molecule has 0 bridgehead atoms. The van der Waals surface area contributed by atoms with Crippen molar-refractivity contribution in [3.05, 3.63) is 48.3 Å². The summed E-state index contributed by atoms with van der Waals surface area (Å²) in [4.78, 5) is 4.32. The monoisotopic (exact) mass is 242 g/mol. The lowest BCUT2D eigenvalue weighted by Crippen LogP contribution is -1.91. The summed E-state index contributed by atoms with van der Waals surface area (Å²) in [5.74, 6) is 0.548. The summed E-state index contributed by atoms with van der Waals surface area (Å²) in [6.07, 6.45) is 0. The molecule has 0 aliphatic carbocycles. The van der Waals surface area contributed by atoms with Crippen LogP contribution in [0.15, 0.2) is 42.5 Å². The fraction of sp³-hybridized carbons (Fsp3) is 0.0714. The van der Waals surface area contributed by atoms with Crippen LogP contribution in [0.2, 0.25) is 0 Å². The van der Waals surface area contributed by atoms with Crippen molar-refractivity contribution in [2.24, 2.45) is 7.05 Å². The minimum atomic E-state index is -0.326. The Kier molecular flexibility index (Phi) is 2.30. The van der Waals surface area contributed by atoms with Crippen LogP contribution < -0.4 is 0 Å². The maximum Gasteiger partial charge on any atom is 0.151 e. The van der Waals surface area contributed by atoms with Gasteiger partial charge in [0.25, 0.3) is 0 Å². The maximum atomic E-state index is 13.6. The zero-order chi connectivity index (χ0) is 12.7. The van der Waals surface area contributed by atoms with Crippen molar-refractivity contribution < 1.29 is 9.50 Å².